The summed E-state index contributed by atoms with van der Waals surface area (Å²) in [4.78, 5) is 13.0. The number of aliphatic hydroxyl groups is 3. The van der Waals surface area contributed by atoms with Gasteiger partial charge in [0.1, 0.15) is 18.3 Å². The lowest BCUT2D eigenvalue weighted by Gasteiger charge is -2.71. The summed E-state index contributed by atoms with van der Waals surface area (Å²) >= 11 is 0. The number of carboxylic acids is 1. The summed E-state index contributed by atoms with van der Waals surface area (Å²) in [6, 6.07) is 0. The average molecular weight is 589 g/mol. The molecule has 1 saturated heterocycles. The Morgan fingerprint density at radius 3 is 2.31 bits per heavy atom. The second-order valence-electron chi connectivity index (χ2n) is 16.8. The van der Waals surface area contributed by atoms with Crippen LogP contribution >= 0.6 is 0 Å². The average Bonchev–Trinajstić information content (AvgIpc) is 2.92. The summed E-state index contributed by atoms with van der Waals surface area (Å²) in [6.45, 7) is 16.8. The van der Waals surface area contributed by atoms with E-state index in [1.807, 2.05) is 0 Å². The van der Waals surface area contributed by atoms with Gasteiger partial charge in [-0.2, -0.15) is 0 Å². The molecular formula is C35H56O7. The molecule has 4 saturated carbocycles. The molecule has 0 aromatic heterocycles. The summed E-state index contributed by atoms with van der Waals surface area (Å²) in [5.74, 6) is 1.38. The number of rotatable bonds is 3. The summed E-state index contributed by atoms with van der Waals surface area (Å²) in [5, 5.41) is 41.4. The number of aliphatic hydroxyl groups excluding tert-OH is 3. The molecule has 6 aliphatic rings. The molecule has 14 atom stereocenters. The minimum atomic E-state index is -1.27. The van der Waals surface area contributed by atoms with Crippen molar-refractivity contribution in [3.63, 3.8) is 0 Å². The van der Waals surface area contributed by atoms with Gasteiger partial charge in [0.25, 0.3) is 0 Å². The predicted octanol–water partition coefficient (Wildman–Crippen LogP) is 5.55. The molecule has 6 rings (SSSR count). The zero-order valence-electron chi connectivity index (χ0n) is 26.9. The highest BCUT2D eigenvalue weighted by Crippen LogP contribution is 2.76. The van der Waals surface area contributed by atoms with Crippen molar-refractivity contribution in [2.45, 2.75) is 137 Å². The normalized spacial score (nSPS) is 55.3. The van der Waals surface area contributed by atoms with E-state index in [1.54, 1.807) is 0 Å². The Balaban J connectivity index is 1.31. The van der Waals surface area contributed by atoms with E-state index in [2.05, 4.69) is 54.5 Å². The Labute approximate surface area is 252 Å². The molecule has 0 bridgehead atoms. The predicted molar refractivity (Wildman–Crippen MR) is 159 cm³/mol. The first kappa shape index (κ1) is 31.0. The number of fused-ring (bicyclic) bond motifs is 7. The number of ether oxygens (including phenoxy) is 2. The van der Waals surface area contributed by atoms with Crippen LogP contribution < -0.4 is 0 Å². The van der Waals surface area contributed by atoms with Crippen LogP contribution in [0.1, 0.15) is 106 Å². The Hall–Kier alpha value is -0.990. The molecule has 0 spiro atoms. The van der Waals surface area contributed by atoms with Crippen LogP contribution in [0.15, 0.2) is 11.6 Å². The second-order valence-corrected chi connectivity index (χ2v) is 16.8. The van der Waals surface area contributed by atoms with Crippen molar-refractivity contribution in [1.29, 1.82) is 0 Å². The molecule has 1 heterocycles. The van der Waals surface area contributed by atoms with Crippen LogP contribution in [-0.4, -0.2) is 63.7 Å². The highest BCUT2D eigenvalue weighted by Gasteiger charge is 2.69. The van der Waals surface area contributed by atoms with Gasteiger partial charge in [-0.3, -0.25) is 4.79 Å². The third kappa shape index (κ3) is 3.98. The molecule has 1 aliphatic heterocycles. The van der Waals surface area contributed by atoms with Crippen LogP contribution in [-0.2, 0) is 14.3 Å². The maximum atomic E-state index is 13.0. The standard InChI is InChI=1S/C35H56O7/c1-19-10-15-35(30(39)40)17-16-33(6)21(26(35)20(19)2)8-9-24-32(5)13-12-25(31(3,4)23(32)11-14-34(24,33)7)42-29-28(38)27(37)22(36)18-41-29/h8,19-20,22-29,36-38H,9-18H2,1-7H3,(H,39,40)/t19-,20+,22+,23-,24-,25+,26+,27+,28-,29-,32+,33-,34-,35+/m1/s1. The van der Waals surface area contributed by atoms with Crippen LogP contribution in [0.25, 0.3) is 0 Å². The van der Waals surface area contributed by atoms with E-state index in [0.717, 1.165) is 57.8 Å². The topological polar surface area (TPSA) is 116 Å². The highest BCUT2D eigenvalue weighted by molar-refractivity contribution is 5.76. The summed E-state index contributed by atoms with van der Waals surface area (Å²) < 4.78 is 12.1. The second kappa shape index (κ2) is 10.0. The molecule has 7 nitrogen and oxygen atoms in total. The van der Waals surface area contributed by atoms with Crippen LogP contribution in [0, 0.1) is 56.7 Å². The maximum Gasteiger partial charge on any atom is 0.310 e. The molecule has 42 heavy (non-hydrogen) atoms. The number of carbonyl (C=O) groups is 1. The van der Waals surface area contributed by atoms with Crippen LogP contribution in [0.4, 0.5) is 0 Å². The SMILES string of the molecule is C[C@H]1[C@H](C)CC[C@]2(C(=O)O)CC[C@]3(C)C(=CC[C@@H]4[C@@]5(C)CC[C@H](O[C@H]6OC[C@H](O)[C@H](O)[C@H]6O)C(C)(C)[C@H]5CC[C@]43C)[C@H]12. The molecule has 5 fully saturated rings. The Morgan fingerprint density at radius 2 is 1.62 bits per heavy atom. The lowest BCUT2D eigenvalue weighted by atomic mass is 9.33. The zero-order chi connectivity index (χ0) is 30.6. The highest BCUT2D eigenvalue weighted by atomic mass is 16.7. The van der Waals surface area contributed by atoms with Crippen LogP contribution in [0.2, 0.25) is 0 Å². The fourth-order valence-corrected chi connectivity index (χ4v) is 12.1. The minimum Gasteiger partial charge on any atom is -0.481 e. The van der Waals surface area contributed by atoms with E-state index in [0.29, 0.717) is 23.7 Å². The summed E-state index contributed by atoms with van der Waals surface area (Å²) in [5.41, 5.74) is 0.885. The first-order valence-electron chi connectivity index (χ1n) is 16.8. The van der Waals surface area contributed by atoms with Crippen molar-refractivity contribution in [3.05, 3.63) is 11.6 Å². The first-order chi connectivity index (χ1) is 19.5. The van der Waals surface area contributed by atoms with Crippen molar-refractivity contribution in [1.82, 2.24) is 0 Å². The van der Waals surface area contributed by atoms with Gasteiger partial charge in [0.2, 0.25) is 0 Å². The van der Waals surface area contributed by atoms with Crippen molar-refractivity contribution in [3.8, 4) is 0 Å². The molecule has 4 N–H and O–H groups in total. The third-order valence-electron chi connectivity index (χ3n) is 15.1. The summed E-state index contributed by atoms with van der Waals surface area (Å²) in [7, 11) is 0. The van der Waals surface area contributed by atoms with E-state index in [4.69, 9.17) is 9.47 Å². The molecule has 0 unspecified atom stereocenters. The maximum absolute atomic E-state index is 13.0. The monoisotopic (exact) mass is 588 g/mol. The fourth-order valence-electron chi connectivity index (χ4n) is 12.1. The lowest BCUT2D eigenvalue weighted by Crippen LogP contribution is -2.66. The Morgan fingerprint density at radius 1 is 0.905 bits per heavy atom. The van der Waals surface area contributed by atoms with Crippen molar-refractivity contribution >= 4 is 5.97 Å². The van der Waals surface area contributed by atoms with Gasteiger partial charge in [0.15, 0.2) is 6.29 Å². The molecule has 5 aliphatic carbocycles. The summed E-state index contributed by atoms with van der Waals surface area (Å²) in [6.07, 6.45) is 6.46. The Bertz CT molecular complexity index is 1120. The van der Waals surface area contributed by atoms with E-state index in [-0.39, 0.29) is 40.3 Å². The largest absolute Gasteiger partial charge is 0.481 e. The van der Waals surface area contributed by atoms with Crippen molar-refractivity contribution in [2.75, 3.05) is 6.61 Å². The Kier molecular flexibility index (Phi) is 7.39. The molecule has 0 aromatic rings. The van der Waals surface area contributed by atoms with Gasteiger partial charge in [0, 0.05) is 0 Å². The van der Waals surface area contributed by atoms with Gasteiger partial charge in [-0.25, -0.2) is 0 Å². The fraction of sp³-hybridized carbons (Fsp3) is 0.914. The van der Waals surface area contributed by atoms with E-state index in [1.165, 1.54) is 5.57 Å². The third-order valence-corrected chi connectivity index (χ3v) is 15.1. The van der Waals surface area contributed by atoms with E-state index < -0.39 is 36.0 Å². The zero-order valence-corrected chi connectivity index (χ0v) is 26.9. The van der Waals surface area contributed by atoms with E-state index in [9.17, 15) is 25.2 Å². The number of aliphatic carboxylic acids is 1. The van der Waals surface area contributed by atoms with Gasteiger partial charge in [-0.15, -0.1) is 0 Å². The molecule has 0 aromatic carbocycles. The lowest BCUT2D eigenvalue weighted by molar-refractivity contribution is -0.308. The van der Waals surface area contributed by atoms with Crippen molar-refractivity contribution < 1.29 is 34.7 Å². The molecular weight excluding hydrogens is 532 g/mol. The smallest absolute Gasteiger partial charge is 0.310 e. The number of hydrogen-bond acceptors (Lipinski definition) is 6. The molecule has 0 radical (unpaired) electrons. The number of allylic oxidation sites excluding steroid dienone is 2. The van der Waals surface area contributed by atoms with Gasteiger partial charge >= 0.3 is 5.97 Å². The quantitative estimate of drug-likeness (QED) is 0.252. The van der Waals surface area contributed by atoms with Gasteiger partial charge < -0.3 is 29.9 Å². The van der Waals surface area contributed by atoms with Gasteiger partial charge in [-0.05, 0) is 109 Å². The van der Waals surface area contributed by atoms with Gasteiger partial charge in [-0.1, -0.05) is 60.1 Å². The van der Waals surface area contributed by atoms with Crippen LogP contribution in [0.3, 0.4) is 0 Å². The van der Waals surface area contributed by atoms with E-state index >= 15 is 0 Å². The first-order valence-corrected chi connectivity index (χ1v) is 16.8. The molecule has 0 amide bonds. The van der Waals surface area contributed by atoms with Gasteiger partial charge in [0.05, 0.1) is 18.1 Å². The number of carboxylic acid groups (broad SMARTS) is 1. The molecule has 238 valence electrons. The number of hydrogen-bond donors (Lipinski definition) is 4. The van der Waals surface area contributed by atoms with Crippen molar-refractivity contribution in [2.24, 2.45) is 56.7 Å². The molecule has 7 heteroatoms. The minimum absolute atomic E-state index is 0.00660. The van der Waals surface area contributed by atoms with Crippen LogP contribution in [0.5, 0.6) is 0 Å².